The van der Waals surface area contributed by atoms with E-state index < -0.39 is 12.0 Å². The van der Waals surface area contributed by atoms with Crippen molar-refractivity contribution in [1.29, 1.82) is 0 Å². The van der Waals surface area contributed by atoms with Gasteiger partial charge in [0, 0.05) is 29.2 Å². The molecule has 0 bridgehead atoms. The van der Waals surface area contributed by atoms with Crippen LogP contribution in [0.3, 0.4) is 0 Å². The zero-order valence-electron chi connectivity index (χ0n) is 7.27. The molecule has 0 aliphatic carbocycles. The van der Waals surface area contributed by atoms with Crippen LogP contribution in [0.25, 0.3) is 0 Å². The molecule has 1 amide bonds. The van der Waals surface area contributed by atoms with Gasteiger partial charge in [0.1, 0.15) is 6.04 Å². The third-order valence-corrected chi connectivity index (χ3v) is 1.74. The summed E-state index contributed by atoms with van der Waals surface area (Å²) in [6.45, 7) is 1.27. The zero-order valence-corrected chi connectivity index (χ0v) is 8.09. The van der Waals surface area contributed by atoms with E-state index in [1.165, 1.54) is 14.0 Å². The average Bonchev–Trinajstić information content (AvgIpc) is 2.10. The predicted molar refractivity (Wildman–Crippen MR) is 47.9 cm³/mol. The lowest BCUT2D eigenvalue weighted by Gasteiger charge is -2.12. The Hall–Kier alpha value is -1.11. The number of nitrogens with one attached hydrogen (secondary N) is 1. The fraction of sp³-hybridized carbons (Fsp3) is 0.667. The summed E-state index contributed by atoms with van der Waals surface area (Å²) < 4.78 is 6.91. The summed E-state index contributed by atoms with van der Waals surface area (Å²) in [5.41, 5.74) is 0. The summed E-state index contributed by atoms with van der Waals surface area (Å²) >= 11 is 0.656. The minimum atomic E-state index is -0.815. The highest BCUT2D eigenvalue weighted by Crippen LogP contribution is 2.04. The van der Waals surface area contributed by atoms with Gasteiger partial charge in [-0.25, -0.2) is 4.79 Å². The molecule has 0 spiro atoms. The second-order valence-electron chi connectivity index (χ2n) is 2.15. The second kappa shape index (κ2) is 6.41. The molecule has 0 aliphatic heterocycles. The molecular weight excluding hydrogens is 196 g/mol. The van der Waals surface area contributed by atoms with E-state index in [9.17, 15) is 14.5 Å². The number of rotatable bonds is 5. The third kappa shape index (κ3) is 5.18. The Balaban J connectivity index is 4.09. The number of hydrogen-bond donors (Lipinski definition) is 1. The van der Waals surface area contributed by atoms with Gasteiger partial charge in [0.15, 0.2) is 0 Å². The van der Waals surface area contributed by atoms with Crippen LogP contribution in [0.2, 0.25) is 0 Å². The van der Waals surface area contributed by atoms with E-state index in [0.29, 0.717) is 11.9 Å². The largest absolute Gasteiger partial charge is 0.467 e. The van der Waals surface area contributed by atoms with Crippen LogP contribution in [0.4, 0.5) is 0 Å². The molecule has 0 saturated carbocycles. The fourth-order valence-corrected chi connectivity index (χ4v) is 1.09. The molecule has 0 rings (SSSR count). The maximum atomic E-state index is 11.0. The summed E-state index contributed by atoms with van der Waals surface area (Å²) in [5, 5.41) is 2.33. The van der Waals surface area contributed by atoms with Crippen molar-refractivity contribution >= 4 is 23.8 Å². The molecule has 1 atom stereocenters. The number of carbonyl (C=O) groups excluding carboxylic acids is 2. The normalized spacial score (nSPS) is 11.5. The lowest BCUT2D eigenvalue weighted by atomic mass is 10.3. The van der Waals surface area contributed by atoms with E-state index >= 15 is 0 Å². The Morgan fingerprint density at radius 1 is 1.62 bits per heavy atom. The number of amides is 1. The van der Waals surface area contributed by atoms with Crippen molar-refractivity contribution in [2.45, 2.75) is 13.0 Å². The smallest absolute Gasteiger partial charge is 0.329 e. The van der Waals surface area contributed by atoms with Crippen molar-refractivity contribution in [3.8, 4) is 0 Å². The SMILES string of the molecule is COC(=O)[C@@H](CSN=O)NC(C)=O. The quantitative estimate of drug-likeness (QED) is 0.391. The van der Waals surface area contributed by atoms with E-state index in [0.717, 1.165) is 0 Å². The van der Waals surface area contributed by atoms with Gasteiger partial charge in [-0.2, -0.15) is 0 Å². The van der Waals surface area contributed by atoms with Crippen LogP contribution in [0, 0.1) is 4.91 Å². The Morgan fingerprint density at radius 3 is 2.62 bits per heavy atom. The van der Waals surface area contributed by atoms with Crippen molar-refractivity contribution in [1.82, 2.24) is 5.32 Å². The molecule has 6 nitrogen and oxygen atoms in total. The predicted octanol–water partition coefficient (Wildman–Crippen LogP) is 0.0787. The second-order valence-corrected chi connectivity index (χ2v) is 2.89. The molecule has 7 heteroatoms. The van der Waals surface area contributed by atoms with Gasteiger partial charge in [-0.3, -0.25) is 4.79 Å². The molecule has 74 valence electrons. The van der Waals surface area contributed by atoms with Crippen LogP contribution in [-0.4, -0.2) is 30.8 Å². The van der Waals surface area contributed by atoms with Gasteiger partial charge in [-0.05, 0) is 0 Å². The van der Waals surface area contributed by atoms with Crippen LogP contribution < -0.4 is 5.32 Å². The maximum Gasteiger partial charge on any atom is 0.329 e. The number of carbonyl (C=O) groups is 2. The highest BCUT2D eigenvalue weighted by Gasteiger charge is 2.20. The average molecular weight is 206 g/mol. The Morgan fingerprint density at radius 2 is 2.23 bits per heavy atom. The van der Waals surface area contributed by atoms with Gasteiger partial charge in [-0.15, -0.1) is 4.91 Å². The first-order chi connectivity index (χ1) is 6.11. The van der Waals surface area contributed by atoms with Gasteiger partial charge < -0.3 is 10.1 Å². The molecule has 0 radical (unpaired) electrons. The van der Waals surface area contributed by atoms with E-state index in [-0.39, 0.29) is 11.7 Å². The summed E-state index contributed by atoms with van der Waals surface area (Å²) in [6.07, 6.45) is 0. The minimum Gasteiger partial charge on any atom is -0.467 e. The van der Waals surface area contributed by atoms with Crippen LogP contribution in [0.5, 0.6) is 0 Å². The van der Waals surface area contributed by atoms with E-state index in [1.807, 2.05) is 0 Å². The van der Waals surface area contributed by atoms with Crippen molar-refractivity contribution in [3.05, 3.63) is 4.91 Å². The summed E-state index contributed by atoms with van der Waals surface area (Å²) in [7, 11) is 1.20. The summed E-state index contributed by atoms with van der Waals surface area (Å²) in [6, 6.07) is -0.815. The Labute approximate surface area is 79.5 Å². The monoisotopic (exact) mass is 206 g/mol. The number of nitroso groups, excluding NO2 is 1. The minimum absolute atomic E-state index is 0.0791. The van der Waals surface area contributed by atoms with Crippen molar-refractivity contribution in [2.24, 2.45) is 4.58 Å². The first-order valence-corrected chi connectivity index (χ1v) is 4.35. The Kier molecular flexibility index (Phi) is 5.86. The van der Waals surface area contributed by atoms with E-state index in [2.05, 4.69) is 14.6 Å². The van der Waals surface area contributed by atoms with Crippen LogP contribution in [0.15, 0.2) is 4.58 Å². The Bertz CT molecular complexity index is 209. The number of esters is 1. The van der Waals surface area contributed by atoms with E-state index in [1.54, 1.807) is 0 Å². The molecule has 13 heavy (non-hydrogen) atoms. The molecule has 1 N–H and O–H groups in total. The molecule has 0 aromatic heterocycles. The lowest BCUT2D eigenvalue weighted by molar-refractivity contribution is -0.144. The molecular formula is C6H10N2O4S. The number of methoxy groups -OCH3 is 1. The van der Waals surface area contributed by atoms with Crippen LogP contribution in [0.1, 0.15) is 6.92 Å². The van der Waals surface area contributed by atoms with Gasteiger partial charge in [0.05, 0.1) is 7.11 Å². The topological polar surface area (TPSA) is 84.8 Å². The highest BCUT2D eigenvalue weighted by atomic mass is 32.2. The van der Waals surface area contributed by atoms with Crippen LogP contribution >= 0.6 is 11.9 Å². The first kappa shape index (κ1) is 11.9. The number of hydrogen-bond acceptors (Lipinski definition) is 6. The molecule has 0 saturated heterocycles. The molecule has 0 fully saturated rings. The standard InChI is InChI=1S/C6H10N2O4S/c1-4(9)7-5(3-13-8-11)6(10)12-2/h5H,3H2,1-2H3,(H,7,9)/t5-/m1/s1. The van der Waals surface area contributed by atoms with Crippen molar-refractivity contribution in [2.75, 3.05) is 12.9 Å². The van der Waals surface area contributed by atoms with Crippen molar-refractivity contribution in [3.63, 3.8) is 0 Å². The van der Waals surface area contributed by atoms with Gasteiger partial charge in [-0.1, -0.05) is 0 Å². The van der Waals surface area contributed by atoms with Gasteiger partial charge in [0.25, 0.3) is 0 Å². The van der Waals surface area contributed by atoms with Gasteiger partial charge in [0.2, 0.25) is 5.91 Å². The first-order valence-electron chi connectivity index (χ1n) is 3.41. The number of ether oxygens (including phenoxy) is 1. The molecule has 0 heterocycles. The maximum absolute atomic E-state index is 11.0. The van der Waals surface area contributed by atoms with Crippen LogP contribution in [-0.2, 0) is 14.3 Å². The van der Waals surface area contributed by atoms with Crippen molar-refractivity contribution < 1.29 is 14.3 Å². The fourth-order valence-electron chi connectivity index (χ4n) is 0.661. The summed E-state index contributed by atoms with van der Waals surface area (Å²) in [4.78, 5) is 31.3. The summed E-state index contributed by atoms with van der Waals surface area (Å²) in [5.74, 6) is -0.872. The zero-order chi connectivity index (χ0) is 10.3. The molecule has 0 aromatic carbocycles. The highest BCUT2D eigenvalue weighted by molar-refractivity contribution is 7.97. The molecule has 0 unspecified atom stereocenters. The number of nitrogens with zero attached hydrogens (tertiary/aromatic N) is 1. The lowest BCUT2D eigenvalue weighted by Crippen LogP contribution is -2.42. The van der Waals surface area contributed by atoms with Gasteiger partial charge >= 0.3 is 5.97 Å². The molecule has 0 aliphatic rings. The van der Waals surface area contributed by atoms with E-state index in [4.69, 9.17) is 0 Å². The third-order valence-electron chi connectivity index (χ3n) is 1.16. The molecule has 0 aromatic rings.